The molecule has 0 spiro atoms. The third kappa shape index (κ3) is 3.72. The minimum Gasteiger partial charge on any atom is -0.495 e. The normalized spacial score (nSPS) is 16.8. The van der Waals surface area contributed by atoms with Crippen LogP contribution >= 0.6 is 23.2 Å². The highest BCUT2D eigenvalue weighted by atomic mass is 35.5. The van der Waals surface area contributed by atoms with E-state index in [9.17, 15) is 9.59 Å². The predicted octanol–water partition coefficient (Wildman–Crippen LogP) is 3.99. The van der Waals surface area contributed by atoms with Gasteiger partial charge in [0, 0.05) is 18.7 Å². The number of halogens is 2. The van der Waals surface area contributed by atoms with Crippen LogP contribution in [0.25, 0.3) is 0 Å². The molecule has 0 aromatic heterocycles. The lowest BCUT2D eigenvalue weighted by Crippen LogP contribution is -2.28. The van der Waals surface area contributed by atoms with Crippen molar-refractivity contribution in [1.29, 1.82) is 0 Å². The van der Waals surface area contributed by atoms with Crippen molar-refractivity contribution in [3.63, 3.8) is 0 Å². The molecule has 1 fully saturated rings. The van der Waals surface area contributed by atoms with Gasteiger partial charge in [0.1, 0.15) is 5.75 Å². The first-order valence-corrected chi connectivity index (χ1v) is 8.44. The van der Waals surface area contributed by atoms with Crippen molar-refractivity contribution in [2.45, 2.75) is 6.42 Å². The highest BCUT2D eigenvalue weighted by Gasteiger charge is 2.36. The zero-order chi connectivity index (χ0) is 18.0. The third-order valence-corrected chi connectivity index (χ3v) is 4.80. The highest BCUT2D eigenvalue weighted by Crippen LogP contribution is 2.33. The van der Waals surface area contributed by atoms with Gasteiger partial charge in [0.15, 0.2) is 0 Å². The number of nitrogens with zero attached hydrogens (tertiary/aromatic N) is 1. The minimum absolute atomic E-state index is 0.112. The van der Waals surface area contributed by atoms with E-state index in [1.807, 2.05) is 12.1 Å². The van der Waals surface area contributed by atoms with Crippen LogP contribution < -0.4 is 15.0 Å². The molecule has 2 amide bonds. The molecule has 1 saturated heterocycles. The van der Waals surface area contributed by atoms with E-state index in [-0.39, 0.29) is 18.2 Å². The van der Waals surface area contributed by atoms with Crippen molar-refractivity contribution in [3.05, 3.63) is 52.5 Å². The molecule has 7 heteroatoms. The van der Waals surface area contributed by atoms with Crippen molar-refractivity contribution in [2.75, 3.05) is 23.9 Å². The van der Waals surface area contributed by atoms with Crippen molar-refractivity contribution in [1.82, 2.24) is 0 Å². The van der Waals surface area contributed by atoms with Gasteiger partial charge in [-0.25, -0.2) is 0 Å². The van der Waals surface area contributed by atoms with Gasteiger partial charge in [-0.3, -0.25) is 9.59 Å². The molecule has 0 bridgehead atoms. The number of amides is 2. The summed E-state index contributed by atoms with van der Waals surface area (Å²) in [6, 6.07) is 12.1. The molecule has 130 valence electrons. The van der Waals surface area contributed by atoms with Gasteiger partial charge < -0.3 is 15.0 Å². The van der Waals surface area contributed by atoms with E-state index in [2.05, 4.69) is 5.32 Å². The maximum absolute atomic E-state index is 12.5. The largest absolute Gasteiger partial charge is 0.495 e. The molecule has 0 saturated carbocycles. The van der Waals surface area contributed by atoms with Gasteiger partial charge in [0.05, 0.1) is 28.8 Å². The zero-order valence-electron chi connectivity index (χ0n) is 13.5. The third-order valence-electron chi connectivity index (χ3n) is 4.06. The molecule has 5 nitrogen and oxygen atoms in total. The van der Waals surface area contributed by atoms with Gasteiger partial charge in [0.25, 0.3) is 0 Å². The van der Waals surface area contributed by atoms with Gasteiger partial charge >= 0.3 is 0 Å². The van der Waals surface area contributed by atoms with Crippen molar-refractivity contribution < 1.29 is 14.3 Å². The first-order valence-electron chi connectivity index (χ1n) is 7.69. The smallest absolute Gasteiger partial charge is 0.229 e. The van der Waals surface area contributed by atoms with Crippen molar-refractivity contribution in [2.24, 2.45) is 5.92 Å². The standard InChI is InChI=1S/C18H16Cl2N2O3/c1-25-16-5-3-2-4-15(16)22-10-11(8-17(22)23)18(24)21-12-6-7-13(19)14(20)9-12/h2-7,9,11H,8,10H2,1H3,(H,21,24)/t11-/m1/s1. The van der Waals surface area contributed by atoms with E-state index in [0.29, 0.717) is 33.7 Å². The Hall–Kier alpha value is -2.24. The maximum atomic E-state index is 12.5. The summed E-state index contributed by atoms with van der Waals surface area (Å²) in [4.78, 5) is 26.4. The Kier molecular flexibility index (Phi) is 5.16. The Balaban J connectivity index is 1.73. The Morgan fingerprint density at radius 2 is 1.96 bits per heavy atom. The topological polar surface area (TPSA) is 58.6 Å². The van der Waals surface area contributed by atoms with E-state index < -0.39 is 5.92 Å². The second-order valence-electron chi connectivity index (χ2n) is 5.70. The van der Waals surface area contributed by atoms with Crippen LogP contribution in [0, 0.1) is 5.92 Å². The zero-order valence-corrected chi connectivity index (χ0v) is 15.0. The Labute approximate surface area is 155 Å². The van der Waals surface area contributed by atoms with Gasteiger partial charge in [-0.15, -0.1) is 0 Å². The number of rotatable bonds is 4. The fourth-order valence-electron chi connectivity index (χ4n) is 2.79. The Bertz CT molecular complexity index is 826. The molecule has 1 heterocycles. The Morgan fingerprint density at radius 3 is 2.68 bits per heavy atom. The summed E-state index contributed by atoms with van der Waals surface area (Å²) in [5.74, 6) is -0.198. The van der Waals surface area contributed by atoms with Crippen molar-refractivity contribution in [3.8, 4) is 5.75 Å². The van der Waals surface area contributed by atoms with Crippen LogP contribution in [0.15, 0.2) is 42.5 Å². The molecule has 1 aliphatic heterocycles. The molecule has 2 aromatic carbocycles. The molecule has 1 N–H and O–H groups in total. The summed E-state index contributed by atoms with van der Waals surface area (Å²) in [7, 11) is 1.55. The molecular weight excluding hydrogens is 363 g/mol. The molecule has 1 aliphatic rings. The van der Waals surface area contributed by atoms with E-state index >= 15 is 0 Å². The lowest BCUT2D eigenvalue weighted by Gasteiger charge is -2.19. The van der Waals surface area contributed by atoms with Crippen molar-refractivity contribution >= 4 is 46.4 Å². The number of carbonyl (C=O) groups excluding carboxylic acids is 2. The number of ether oxygens (including phenoxy) is 1. The molecule has 1 atom stereocenters. The number of nitrogens with one attached hydrogen (secondary N) is 1. The van der Waals surface area contributed by atoms with Crippen LogP contribution in [0.5, 0.6) is 5.75 Å². The molecule has 2 aromatic rings. The van der Waals surface area contributed by atoms with Crippen LogP contribution in [0.2, 0.25) is 10.0 Å². The molecule has 0 aliphatic carbocycles. The minimum atomic E-state index is -0.452. The summed E-state index contributed by atoms with van der Waals surface area (Å²) in [5, 5.41) is 3.55. The monoisotopic (exact) mass is 378 g/mol. The summed E-state index contributed by atoms with van der Waals surface area (Å²) < 4.78 is 5.30. The second kappa shape index (κ2) is 7.33. The average molecular weight is 379 g/mol. The van der Waals surface area contributed by atoms with Gasteiger partial charge in [-0.1, -0.05) is 35.3 Å². The second-order valence-corrected chi connectivity index (χ2v) is 6.51. The van der Waals surface area contributed by atoms with Gasteiger partial charge in [-0.2, -0.15) is 0 Å². The van der Waals surface area contributed by atoms with Crippen LogP contribution in [0.4, 0.5) is 11.4 Å². The number of hydrogen-bond donors (Lipinski definition) is 1. The van der Waals surface area contributed by atoms with E-state index in [1.54, 1.807) is 42.3 Å². The van der Waals surface area contributed by atoms with E-state index in [1.165, 1.54) is 0 Å². The number of carbonyl (C=O) groups is 2. The lowest BCUT2D eigenvalue weighted by atomic mass is 10.1. The number of benzene rings is 2. The van der Waals surface area contributed by atoms with Crippen LogP contribution in [0.1, 0.15) is 6.42 Å². The highest BCUT2D eigenvalue weighted by molar-refractivity contribution is 6.42. The lowest BCUT2D eigenvalue weighted by molar-refractivity contribution is -0.122. The van der Waals surface area contributed by atoms with Crippen LogP contribution in [0.3, 0.4) is 0 Å². The molecule has 25 heavy (non-hydrogen) atoms. The summed E-state index contributed by atoms with van der Waals surface area (Å²) in [6.45, 7) is 0.298. The fraction of sp³-hybridized carbons (Fsp3) is 0.222. The number of methoxy groups -OCH3 is 1. The Morgan fingerprint density at radius 1 is 1.20 bits per heavy atom. The molecule has 0 radical (unpaired) electrons. The summed E-state index contributed by atoms with van der Waals surface area (Å²) >= 11 is 11.8. The number of anilines is 2. The quantitative estimate of drug-likeness (QED) is 0.874. The van der Waals surface area contributed by atoms with E-state index in [4.69, 9.17) is 27.9 Å². The number of para-hydroxylation sites is 2. The molecule has 3 rings (SSSR count). The van der Waals surface area contributed by atoms with Gasteiger partial charge in [0.2, 0.25) is 11.8 Å². The average Bonchev–Trinajstić information content (AvgIpc) is 3.00. The maximum Gasteiger partial charge on any atom is 0.229 e. The SMILES string of the molecule is COc1ccccc1N1C[C@H](C(=O)Nc2ccc(Cl)c(Cl)c2)CC1=O. The molecule has 0 unspecified atom stereocenters. The first kappa shape index (κ1) is 17.6. The molecular formula is C18H16Cl2N2O3. The van der Waals surface area contributed by atoms with E-state index in [0.717, 1.165) is 0 Å². The number of hydrogen-bond acceptors (Lipinski definition) is 3. The first-order chi connectivity index (χ1) is 12.0. The van der Waals surface area contributed by atoms with Crippen LogP contribution in [-0.4, -0.2) is 25.5 Å². The fourth-order valence-corrected chi connectivity index (χ4v) is 3.09. The van der Waals surface area contributed by atoms with Crippen LogP contribution in [-0.2, 0) is 9.59 Å². The summed E-state index contributed by atoms with van der Waals surface area (Å²) in [6.07, 6.45) is 0.144. The van der Waals surface area contributed by atoms with Gasteiger partial charge in [-0.05, 0) is 30.3 Å². The summed E-state index contributed by atoms with van der Waals surface area (Å²) in [5.41, 5.74) is 1.21. The predicted molar refractivity (Wildman–Crippen MR) is 98.5 cm³/mol.